The van der Waals surface area contributed by atoms with Crippen molar-refractivity contribution in [3.63, 3.8) is 0 Å². The van der Waals surface area contributed by atoms with Crippen molar-refractivity contribution in [1.82, 2.24) is 4.40 Å². The number of pyridine rings is 1. The molecule has 2 nitrogen and oxygen atoms in total. The van der Waals surface area contributed by atoms with Crippen molar-refractivity contribution in [2.75, 3.05) is 0 Å². The number of fused-ring (bicyclic) bond motifs is 3. The minimum atomic E-state index is 0. The molecule has 0 aromatic carbocycles. The maximum atomic E-state index is 6.20. The highest BCUT2D eigenvalue weighted by Gasteiger charge is 2.23. The van der Waals surface area contributed by atoms with Crippen molar-refractivity contribution < 1.29 is 0 Å². The van der Waals surface area contributed by atoms with Crippen LogP contribution < -0.4 is 5.73 Å². The number of nitrogens with two attached hydrogens (primary N) is 1. The van der Waals surface area contributed by atoms with Crippen LogP contribution in [0.1, 0.15) is 35.7 Å². The summed E-state index contributed by atoms with van der Waals surface area (Å²) in [6.07, 6.45) is 5.67. The van der Waals surface area contributed by atoms with Crippen LogP contribution in [-0.2, 0) is 6.42 Å². The molecule has 0 saturated heterocycles. The average Bonchev–Trinajstić information content (AvgIpc) is 2.55. The van der Waals surface area contributed by atoms with Gasteiger partial charge in [0.25, 0.3) is 0 Å². The Balaban J connectivity index is 0.000000963. The van der Waals surface area contributed by atoms with Crippen LogP contribution in [0, 0.1) is 6.92 Å². The largest absolute Gasteiger partial charge is 0.324 e. The van der Waals surface area contributed by atoms with Gasteiger partial charge in [0, 0.05) is 23.4 Å². The van der Waals surface area contributed by atoms with Gasteiger partial charge in [0.15, 0.2) is 0 Å². The van der Waals surface area contributed by atoms with E-state index in [1.165, 1.54) is 35.2 Å². The Bertz CT molecular complexity index is 516. The Hall–Kier alpha value is -0.990. The highest BCUT2D eigenvalue weighted by Crippen LogP contribution is 2.34. The molecular weight excluding hydrogens is 220 g/mol. The van der Waals surface area contributed by atoms with Gasteiger partial charge in [-0.1, -0.05) is 6.07 Å². The van der Waals surface area contributed by atoms with Gasteiger partial charge in [-0.3, -0.25) is 0 Å². The molecule has 1 aliphatic carbocycles. The second-order valence-electron chi connectivity index (χ2n) is 4.44. The fraction of sp³-hybridized carbons (Fsp3) is 0.385. The topological polar surface area (TPSA) is 30.4 Å². The second-order valence-corrected chi connectivity index (χ2v) is 4.44. The van der Waals surface area contributed by atoms with E-state index < -0.39 is 0 Å². The van der Waals surface area contributed by atoms with Gasteiger partial charge in [-0.25, -0.2) is 0 Å². The smallest absolute Gasteiger partial charge is 0.0485 e. The summed E-state index contributed by atoms with van der Waals surface area (Å²) in [6, 6.07) is 6.61. The van der Waals surface area contributed by atoms with Crippen molar-refractivity contribution >= 4 is 17.9 Å². The summed E-state index contributed by atoms with van der Waals surface area (Å²) in [5, 5.41) is 0. The first-order valence-corrected chi connectivity index (χ1v) is 5.63. The van der Waals surface area contributed by atoms with E-state index in [-0.39, 0.29) is 18.4 Å². The van der Waals surface area contributed by atoms with E-state index in [0.29, 0.717) is 0 Å². The maximum absolute atomic E-state index is 6.20. The zero-order chi connectivity index (χ0) is 10.4. The normalized spacial score (nSPS) is 19.2. The molecule has 2 heterocycles. The van der Waals surface area contributed by atoms with Gasteiger partial charge >= 0.3 is 0 Å². The van der Waals surface area contributed by atoms with E-state index in [2.05, 4.69) is 35.7 Å². The number of rotatable bonds is 0. The maximum Gasteiger partial charge on any atom is 0.0485 e. The predicted molar refractivity (Wildman–Crippen MR) is 69.2 cm³/mol. The fourth-order valence-electron chi connectivity index (χ4n) is 2.85. The minimum absolute atomic E-state index is 0. The van der Waals surface area contributed by atoms with Gasteiger partial charge in [-0.05, 0) is 49.4 Å². The summed E-state index contributed by atoms with van der Waals surface area (Å²) in [5.41, 5.74) is 11.7. The lowest BCUT2D eigenvalue weighted by Gasteiger charge is -2.19. The second kappa shape index (κ2) is 4.11. The molecule has 86 valence electrons. The fourth-order valence-corrected chi connectivity index (χ4v) is 2.85. The van der Waals surface area contributed by atoms with Crippen LogP contribution in [0.5, 0.6) is 0 Å². The van der Waals surface area contributed by atoms with Crippen molar-refractivity contribution in [2.24, 2.45) is 5.73 Å². The molecule has 16 heavy (non-hydrogen) atoms. The lowest BCUT2D eigenvalue weighted by molar-refractivity contribution is 0.560. The molecule has 0 bridgehead atoms. The Labute approximate surface area is 102 Å². The van der Waals surface area contributed by atoms with Crippen molar-refractivity contribution in [3.05, 3.63) is 41.2 Å². The molecule has 0 saturated carbocycles. The van der Waals surface area contributed by atoms with Gasteiger partial charge < -0.3 is 10.1 Å². The number of nitrogens with zero attached hydrogens (tertiary/aromatic N) is 1. The standard InChI is InChI=1S/C13H16N2.ClH/c1-9-11-6-2-3-8-15(11)12-7-4-5-10(14)13(9)12;/h2-3,6,8,10H,4-5,7,14H2,1H3;1H. The number of hydrogen-bond acceptors (Lipinski definition) is 1. The van der Waals surface area contributed by atoms with E-state index in [4.69, 9.17) is 5.73 Å². The Morgan fingerprint density at radius 1 is 1.38 bits per heavy atom. The molecule has 0 radical (unpaired) electrons. The van der Waals surface area contributed by atoms with Crippen LogP contribution in [0.2, 0.25) is 0 Å². The summed E-state index contributed by atoms with van der Waals surface area (Å²) >= 11 is 0. The minimum Gasteiger partial charge on any atom is -0.324 e. The Kier molecular flexibility index (Phi) is 2.96. The molecule has 3 rings (SSSR count). The molecule has 1 aliphatic rings. The molecule has 0 spiro atoms. The molecular formula is C13H17ClN2. The first-order chi connectivity index (χ1) is 7.29. The number of aromatic nitrogens is 1. The summed E-state index contributed by atoms with van der Waals surface area (Å²) in [4.78, 5) is 0. The molecule has 0 amide bonds. The molecule has 2 aromatic rings. The van der Waals surface area contributed by atoms with E-state index in [0.717, 1.165) is 6.42 Å². The molecule has 2 aromatic heterocycles. The summed E-state index contributed by atoms with van der Waals surface area (Å²) < 4.78 is 2.31. The zero-order valence-electron chi connectivity index (χ0n) is 9.44. The molecule has 2 N–H and O–H groups in total. The van der Waals surface area contributed by atoms with Crippen molar-refractivity contribution in [3.8, 4) is 0 Å². The van der Waals surface area contributed by atoms with E-state index in [9.17, 15) is 0 Å². The summed E-state index contributed by atoms with van der Waals surface area (Å²) in [5.74, 6) is 0. The van der Waals surface area contributed by atoms with Crippen LogP contribution in [0.25, 0.3) is 5.52 Å². The molecule has 3 heteroatoms. The van der Waals surface area contributed by atoms with E-state index >= 15 is 0 Å². The first kappa shape index (κ1) is 11.5. The van der Waals surface area contributed by atoms with Crippen LogP contribution in [-0.4, -0.2) is 4.40 Å². The number of aryl methyl sites for hydroxylation is 2. The molecule has 1 unspecified atom stereocenters. The van der Waals surface area contributed by atoms with Crippen LogP contribution in [0.4, 0.5) is 0 Å². The molecule has 0 aliphatic heterocycles. The third-order valence-electron chi connectivity index (χ3n) is 3.55. The molecule has 1 atom stereocenters. The van der Waals surface area contributed by atoms with Crippen molar-refractivity contribution in [2.45, 2.75) is 32.2 Å². The van der Waals surface area contributed by atoms with Gasteiger partial charge in [0.2, 0.25) is 0 Å². The van der Waals surface area contributed by atoms with Crippen molar-refractivity contribution in [1.29, 1.82) is 0 Å². The molecule has 0 fully saturated rings. The first-order valence-electron chi connectivity index (χ1n) is 5.63. The highest BCUT2D eigenvalue weighted by molar-refractivity contribution is 5.85. The Morgan fingerprint density at radius 3 is 3.00 bits per heavy atom. The number of hydrogen-bond donors (Lipinski definition) is 1. The van der Waals surface area contributed by atoms with Crippen LogP contribution >= 0.6 is 12.4 Å². The third-order valence-corrected chi connectivity index (χ3v) is 3.55. The zero-order valence-corrected chi connectivity index (χ0v) is 10.3. The third kappa shape index (κ3) is 1.45. The van der Waals surface area contributed by atoms with Gasteiger partial charge in [-0.15, -0.1) is 12.4 Å². The van der Waals surface area contributed by atoms with Crippen LogP contribution in [0.3, 0.4) is 0 Å². The van der Waals surface area contributed by atoms with Crippen LogP contribution in [0.15, 0.2) is 24.4 Å². The van der Waals surface area contributed by atoms with E-state index in [1.54, 1.807) is 0 Å². The average molecular weight is 237 g/mol. The lowest BCUT2D eigenvalue weighted by Crippen LogP contribution is -2.17. The predicted octanol–water partition coefficient (Wildman–Crippen LogP) is 3.01. The number of halogens is 1. The summed E-state index contributed by atoms with van der Waals surface area (Å²) in [7, 11) is 0. The van der Waals surface area contributed by atoms with E-state index in [1.807, 2.05) is 0 Å². The Morgan fingerprint density at radius 2 is 2.19 bits per heavy atom. The van der Waals surface area contributed by atoms with Gasteiger partial charge in [-0.2, -0.15) is 0 Å². The van der Waals surface area contributed by atoms with Gasteiger partial charge in [0.1, 0.15) is 0 Å². The highest BCUT2D eigenvalue weighted by atomic mass is 35.5. The van der Waals surface area contributed by atoms with Gasteiger partial charge in [0.05, 0.1) is 0 Å². The monoisotopic (exact) mass is 236 g/mol. The summed E-state index contributed by atoms with van der Waals surface area (Å²) in [6.45, 7) is 2.19. The SMILES string of the molecule is Cc1c2c(n3ccccc13)CCCC2N.Cl. The quantitative estimate of drug-likeness (QED) is 0.749. The lowest BCUT2D eigenvalue weighted by atomic mass is 9.91.